The van der Waals surface area contributed by atoms with E-state index in [2.05, 4.69) is 18.1 Å². The van der Waals surface area contributed by atoms with Crippen LogP contribution in [0, 0.1) is 0 Å². The second-order valence-corrected chi connectivity index (χ2v) is 7.14. The van der Waals surface area contributed by atoms with Crippen molar-refractivity contribution in [2.45, 2.75) is 32.2 Å². The largest absolute Gasteiger partial charge is 0.478 e. The summed E-state index contributed by atoms with van der Waals surface area (Å²) in [5, 5.41) is 9.43. The lowest BCUT2D eigenvalue weighted by Crippen LogP contribution is -2.19. The average Bonchev–Trinajstić information content (AvgIpc) is 3.05. The van der Waals surface area contributed by atoms with E-state index in [0.29, 0.717) is 18.5 Å². The van der Waals surface area contributed by atoms with Gasteiger partial charge in [0, 0.05) is 24.4 Å². The minimum Gasteiger partial charge on any atom is -0.478 e. The smallest absolute Gasteiger partial charge is 0.336 e. The monoisotopic (exact) mass is 402 g/mol. The van der Waals surface area contributed by atoms with Crippen LogP contribution in [0.2, 0.25) is 0 Å². The number of allylic oxidation sites excluding steroid dienone is 2. The highest BCUT2D eigenvalue weighted by atomic mass is 16.4. The van der Waals surface area contributed by atoms with Crippen molar-refractivity contribution in [3.63, 3.8) is 0 Å². The van der Waals surface area contributed by atoms with E-state index in [-0.39, 0.29) is 11.3 Å². The Morgan fingerprint density at radius 1 is 1.03 bits per heavy atom. The fourth-order valence-corrected chi connectivity index (χ4v) is 3.58. The minimum absolute atomic E-state index is 0.0992. The molecule has 0 aliphatic heterocycles. The first-order chi connectivity index (χ1) is 14.5. The third kappa shape index (κ3) is 4.69. The van der Waals surface area contributed by atoms with Crippen molar-refractivity contribution in [2.75, 3.05) is 0 Å². The van der Waals surface area contributed by atoms with Crippen LogP contribution >= 0.6 is 0 Å². The van der Waals surface area contributed by atoms with Crippen LogP contribution in [-0.4, -0.2) is 20.6 Å². The van der Waals surface area contributed by atoms with Crippen molar-refractivity contribution in [2.24, 2.45) is 0 Å². The second-order valence-electron chi connectivity index (χ2n) is 7.14. The molecule has 3 rings (SSSR count). The lowest BCUT2D eigenvalue weighted by Gasteiger charge is -2.11. The van der Waals surface area contributed by atoms with Gasteiger partial charge in [0.25, 0.3) is 0 Å². The minimum atomic E-state index is -0.944. The van der Waals surface area contributed by atoms with Crippen molar-refractivity contribution in [3.05, 3.63) is 107 Å². The van der Waals surface area contributed by atoms with Crippen molar-refractivity contribution >= 4 is 5.97 Å². The number of rotatable bonds is 10. The topological polar surface area (TPSA) is 75.1 Å². The van der Waals surface area contributed by atoms with Crippen molar-refractivity contribution in [1.82, 2.24) is 9.55 Å². The number of H-pyrrole nitrogens is 1. The molecule has 1 heterocycles. The summed E-state index contributed by atoms with van der Waals surface area (Å²) < 4.78 is 1.79. The Kier molecular flexibility index (Phi) is 6.86. The molecule has 0 atom stereocenters. The number of hydrogen-bond donors (Lipinski definition) is 2. The molecule has 3 aromatic rings. The fourth-order valence-electron chi connectivity index (χ4n) is 3.58. The third-order valence-corrected chi connectivity index (χ3v) is 5.13. The Hall–Kier alpha value is -3.60. The first-order valence-electron chi connectivity index (χ1n) is 9.99. The van der Waals surface area contributed by atoms with Gasteiger partial charge in [-0.3, -0.25) is 4.57 Å². The number of aromatic carboxylic acids is 1. The molecule has 5 nitrogen and oxygen atoms in total. The quantitative estimate of drug-likeness (QED) is 0.477. The van der Waals surface area contributed by atoms with Gasteiger partial charge in [0.15, 0.2) is 0 Å². The molecule has 0 radical (unpaired) electrons. The first kappa shape index (κ1) is 21.1. The number of nitrogens with one attached hydrogen (secondary N) is 1. The highest BCUT2D eigenvalue weighted by molar-refractivity contribution is 5.95. The molecule has 0 bridgehead atoms. The summed E-state index contributed by atoms with van der Waals surface area (Å²) in [6, 6.07) is 14.8. The molecule has 2 aromatic carbocycles. The van der Waals surface area contributed by atoms with E-state index in [9.17, 15) is 14.7 Å². The number of aryl methyl sites for hydroxylation is 1. The second kappa shape index (κ2) is 9.74. The fraction of sp³-hybridized carbons (Fsp3) is 0.200. The van der Waals surface area contributed by atoms with E-state index in [1.165, 1.54) is 0 Å². The number of carboxylic acid groups (broad SMARTS) is 1. The van der Waals surface area contributed by atoms with E-state index in [4.69, 9.17) is 0 Å². The number of benzene rings is 2. The molecule has 5 heteroatoms. The van der Waals surface area contributed by atoms with Gasteiger partial charge >= 0.3 is 11.7 Å². The third-order valence-electron chi connectivity index (χ3n) is 5.13. The van der Waals surface area contributed by atoms with E-state index in [1.807, 2.05) is 42.5 Å². The van der Waals surface area contributed by atoms with E-state index in [0.717, 1.165) is 41.8 Å². The molecule has 30 heavy (non-hydrogen) atoms. The van der Waals surface area contributed by atoms with E-state index in [1.54, 1.807) is 22.8 Å². The van der Waals surface area contributed by atoms with Gasteiger partial charge < -0.3 is 10.1 Å². The summed E-state index contributed by atoms with van der Waals surface area (Å²) in [6.45, 7) is 8.11. The van der Waals surface area contributed by atoms with Crippen LogP contribution < -0.4 is 5.69 Å². The number of nitrogens with zero attached hydrogens (tertiary/aromatic N) is 1. The van der Waals surface area contributed by atoms with Crippen LogP contribution in [0.1, 0.15) is 40.2 Å². The number of imidazole rings is 1. The van der Waals surface area contributed by atoms with Gasteiger partial charge in [-0.2, -0.15) is 0 Å². The van der Waals surface area contributed by atoms with E-state index < -0.39 is 5.97 Å². The van der Waals surface area contributed by atoms with Crippen LogP contribution in [0.5, 0.6) is 0 Å². The SMILES string of the molecule is C=CCCc1[nH]c(=O)n(CCC=C)c1Cc1ccc(-c2ccccc2C(=O)O)cc1. The maximum atomic E-state index is 12.5. The lowest BCUT2D eigenvalue weighted by atomic mass is 9.97. The van der Waals surface area contributed by atoms with Gasteiger partial charge in [-0.25, -0.2) is 9.59 Å². The number of hydrogen-bond acceptors (Lipinski definition) is 2. The Bertz CT molecular complexity index is 1100. The Morgan fingerprint density at radius 3 is 2.40 bits per heavy atom. The lowest BCUT2D eigenvalue weighted by molar-refractivity contribution is 0.0697. The van der Waals surface area contributed by atoms with Gasteiger partial charge in [-0.1, -0.05) is 54.6 Å². The highest BCUT2D eigenvalue weighted by Crippen LogP contribution is 2.25. The van der Waals surface area contributed by atoms with Gasteiger partial charge in [0.05, 0.1) is 5.56 Å². The maximum Gasteiger partial charge on any atom is 0.336 e. The number of carboxylic acids is 1. The van der Waals surface area contributed by atoms with Crippen LogP contribution in [0.4, 0.5) is 0 Å². The zero-order valence-corrected chi connectivity index (χ0v) is 16.9. The van der Waals surface area contributed by atoms with Crippen LogP contribution in [0.25, 0.3) is 11.1 Å². The number of aromatic amines is 1. The molecular formula is C25H26N2O3. The Labute approximate surface area is 176 Å². The Morgan fingerprint density at radius 2 is 1.73 bits per heavy atom. The Balaban J connectivity index is 1.92. The summed E-state index contributed by atoms with van der Waals surface area (Å²) in [5.41, 5.74) is 4.68. The normalized spacial score (nSPS) is 10.7. The summed E-state index contributed by atoms with van der Waals surface area (Å²) >= 11 is 0. The maximum absolute atomic E-state index is 12.5. The molecule has 0 aliphatic rings. The zero-order chi connectivity index (χ0) is 21.5. The number of carbonyl (C=O) groups is 1. The van der Waals surface area contributed by atoms with E-state index >= 15 is 0 Å². The molecule has 0 unspecified atom stereocenters. The predicted molar refractivity (Wildman–Crippen MR) is 120 cm³/mol. The molecular weight excluding hydrogens is 376 g/mol. The molecule has 0 amide bonds. The van der Waals surface area contributed by atoms with Crippen molar-refractivity contribution in [1.29, 1.82) is 0 Å². The molecule has 2 N–H and O–H groups in total. The van der Waals surface area contributed by atoms with Gasteiger partial charge in [-0.05, 0) is 42.0 Å². The molecule has 0 saturated heterocycles. The molecule has 0 saturated carbocycles. The number of aromatic nitrogens is 2. The molecule has 0 aliphatic carbocycles. The summed E-state index contributed by atoms with van der Waals surface area (Å²) in [4.78, 5) is 26.9. The molecule has 0 fully saturated rings. The standard InChI is InChI=1S/C25H26N2O3/c1-3-5-11-22-23(27(16-6-4-2)25(30)26-22)17-18-12-14-19(15-13-18)20-9-7-8-10-21(20)24(28)29/h3-4,7-10,12-15H,1-2,5-6,11,16-17H2,(H,26,30)(H,28,29). The predicted octanol–water partition coefficient (Wildman–Crippen LogP) is 4.83. The van der Waals surface area contributed by atoms with Crippen LogP contribution in [0.3, 0.4) is 0 Å². The van der Waals surface area contributed by atoms with Gasteiger partial charge in [0.1, 0.15) is 0 Å². The zero-order valence-electron chi connectivity index (χ0n) is 16.9. The van der Waals surface area contributed by atoms with Crippen LogP contribution in [0.15, 0.2) is 78.6 Å². The summed E-state index contributed by atoms with van der Waals surface area (Å²) in [6.07, 6.45) is 6.51. The summed E-state index contributed by atoms with van der Waals surface area (Å²) in [7, 11) is 0. The highest BCUT2D eigenvalue weighted by Gasteiger charge is 2.15. The average molecular weight is 402 g/mol. The summed E-state index contributed by atoms with van der Waals surface area (Å²) in [5.74, 6) is -0.944. The van der Waals surface area contributed by atoms with Crippen molar-refractivity contribution in [3.8, 4) is 11.1 Å². The molecule has 154 valence electrons. The van der Waals surface area contributed by atoms with Crippen molar-refractivity contribution < 1.29 is 9.90 Å². The molecule has 0 spiro atoms. The first-order valence-corrected chi connectivity index (χ1v) is 9.99. The van der Waals surface area contributed by atoms with Crippen LogP contribution in [-0.2, 0) is 19.4 Å². The van der Waals surface area contributed by atoms with Gasteiger partial charge in [0.2, 0.25) is 0 Å². The van der Waals surface area contributed by atoms with Gasteiger partial charge in [-0.15, -0.1) is 13.2 Å². The molecule has 1 aromatic heterocycles.